The van der Waals surface area contributed by atoms with E-state index in [1.807, 2.05) is 12.1 Å². The molecule has 0 aliphatic rings. The SMILES string of the molecule is Clc1ccccc1OCc1nnn[n-]1. The van der Waals surface area contributed by atoms with Crippen LogP contribution in [0.25, 0.3) is 0 Å². The van der Waals surface area contributed by atoms with Crippen LogP contribution in [0.15, 0.2) is 24.3 Å². The van der Waals surface area contributed by atoms with Crippen molar-refractivity contribution < 1.29 is 4.74 Å². The molecule has 5 nitrogen and oxygen atoms in total. The number of nitrogens with zero attached hydrogens (tertiary/aromatic N) is 4. The van der Waals surface area contributed by atoms with Crippen LogP contribution in [0.3, 0.4) is 0 Å². The number of halogens is 1. The number of hydrogen-bond donors (Lipinski definition) is 0. The van der Waals surface area contributed by atoms with E-state index in [0.29, 0.717) is 16.6 Å². The molecule has 6 heteroatoms. The lowest BCUT2D eigenvalue weighted by Gasteiger charge is -2.06. The zero-order valence-corrected chi connectivity index (χ0v) is 7.85. The molecule has 1 aromatic carbocycles. The molecular weight excluding hydrogens is 204 g/mol. The van der Waals surface area contributed by atoms with Crippen LogP contribution in [-0.4, -0.2) is 15.5 Å². The van der Waals surface area contributed by atoms with Gasteiger partial charge in [0, 0.05) is 5.82 Å². The van der Waals surface area contributed by atoms with Gasteiger partial charge < -0.3 is 9.84 Å². The quantitative estimate of drug-likeness (QED) is 0.757. The monoisotopic (exact) mass is 209 g/mol. The average Bonchev–Trinajstić information content (AvgIpc) is 2.69. The second-order valence-corrected chi connectivity index (χ2v) is 2.92. The van der Waals surface area contributed by atoms with Gasteiger partial charge in [0.2, 0.25) is 0 Å². The summed E-state index contributed by atoms with van der Waals surface area (Å²) >= 11 is 5.87. The standard InChI is InChI=1S/C8H6ClN4O/c9-6-3-1-2-4-7(6)14-5-8-10-12-13-11-8/h1-4H,5H2/q-1. The van der Waals surface area contributed by atoms with Crippen molar-refractivity contribution in [2.45, 2.75) is 6.61 Å². The third-order valence-electron chi connectivity index (χ3n) is 1.55. The van der Waals surface area contributed by atoms with Crippen molar-refractivity contribution >= 4 is 11.6 Å². The van der Waals surface area contributed by atoms with Gasteiger partial charge in [0.15, 0.2) is 0 Å². The van der Waals surface area contributed by atoms with E-state index in [-0.39, 0.29) is 6.61 Å². The molecule has 14 heavy (non-hydrogen) atoms. The molecule has 0 bridgehead atoms. The van der Waals surface area contributed by atoms with Crippen molar-refractivity contribution in [3.8, 4) is 5.75 Å². The molecule has 0 radical (unpaired) electrons. The molecule has 2 rings (SSSR count). The maximum Gasteiger partial charge on any atom is 0.138 e. The lowest BCUT2D eigenvalue weighted by atomic mass is 10.3. The maximum absolute atomic E-state index is 5.87. The molecule has 1 heterocycles. The van der Waals surface area contributed by atoms with Gasteiger partial charge in [-0.15, -0.1) is 0 Å². The molecule has 0 aliphatic carbocycles. The first-order valence-corrected chi connectivity index (χ1v) is 4.29. The molecule has 0 unspecified atom stereocenters. The van der Waals surface area contributed by atoms with Crippen LogP contribution in [-0.2, 0) is 6.61 Å². The Labute approximate surface area is 85.0 Å². The Hall–Kier alpha value is -1.62. The first-order valence-electron chi connectivity index (χ1n) is 3.91. The van der Waals surface area contributed by atoms with Crippen molar-refractivity contribution in [1.82, 2.24) is 20.6 Å². The second-order valence-electron chi connectivity index (χ2n) is 2.51. The molecule has 0 amide bonds. The predicted molar refractivity (Wildman–Crippen MR) is 48.9 cm³/mol. The minimum absolute atomic E-state index is 0.219. The van der Waals surface area contributed by atoms with E-state index in [1.54, 1.807) is 12.1 Å². The highest BCUT2D eigenvalue weighted by Crippen LogP contribution is 2.23. The van der Waals surface area contributed by atoms with Crippen LogP contribution in [0.4, 0.5) is 0 Å². The summed E-state index contributed by atoms with van der Waals surface area (Å²) < 4.78 is 5.34. The summed E-state index contributed by atoms with van der Waals surface area (Å²) in [6.07, 6.45) is 0. The first-order chi connectivity index (χ1) is 6.86. The number of rotatable bonds is 3. The highest BCUT2D eigenvalue weighted by Gasteiger charge is 1.98. The van der Waals surface area contributed by atoms with Crippen LogP contribution < -0.4 is 9.84 Å². The average molecular weight is 210 g/mol. The number of hydrogen-bond acceptors (Lipinski definition) is 4. The van der Waals surface area contributed by atoms with Gasteiger partial charge in [-0.05, 0) is 12.1 Å². The zero-order valence-electron chi connectivity index (χ0n) is 7.09. The van der Waals surface area contributed by atoms with E-state index < -0.39 is 0 Å². The Balaban J connectivity index is 2.02. The van der Waals surface area contributed by atoms with Crippen LogP contribution in [0, 0.1) is 0 Å². The highest BCUT2D eigenvalue weighted by molar-refractivity contribution is 6.32. The van der Waals surface area contributed by atoms with Gasteiger partial charge in [-0.2, -0.15) is 5.21 Å². The lowest BCUT2D eigenvalue weighted by molar-refractivity contribution is 0.295. The van der Waals surface area contributed by atoms with E-state index in [0.717, 1.165) is 0 Å². The maximum atomic E-state index is 5.87. The Morgan fingerprint density at radius 1 is 1.36 bits per heavy atom. The van der Waals surface area contributed by atoms with Crippen molar-refractivity contribution in [2.24, 2.45) is 0 Å². The fraction of sp³-hybridized carbons (Fsp3) is 0.125. The smallest absolute Gasteiger partial charge is 0.138 e. The number of ether oxygens (including phenoxy) is 1. The molecule has 0 atom stereocenters. The topological polar surface area (TPSA) is 62.0 Å². The van der Waals surface area contributed by atoms with E-state index in [9.17, 15) is 0 Å². The van der Waals surface area contributed by atoms with Gasteiger partial charge in [0.25, 0.3) is 0 Å². The van der Waals surface area contributed by atoms with Gasteiger partial charge >= 0.3 is 0 Å². The van der Waals surface area contributed by atoms with Crippen molar-refractivity contribution in [1.29, 1.82) is 0 Å². The number of aromatic nitrogens is 4. The third-order valence-corrected chi connectivity index (χ3v) is 1.87. The Morgan fingerprint density at radius 3 is 2.93 bits per heavy atom. The Bertz CT molecular complexity index is 403. The van der Waals surface area contributed by atoms with Crippen molar-refractivity contribution in [3.63, 3.8) is 0 Å². The third kappa shape index (κ3) is 2.00. The van der Waals surface area contributed by atoms with E-state index >= 15 is 0 Å². The summed E-state index contributed by atoms with van der Waals surface area (Å²) in [4.78, 5) is 0. The van der Waals surface area contributed by atoms with Gasteiger partial charge in [-0.25, -0.2) is 0 Å². The lowest BCUT2D eigenvalue weighted by Crippen LogP contribution is -1.99. The molecule has 72 valence electrons. The van der Waals surface area contributed by atoms with Gasteiger partial charge in [0.1, 0.15) is 12.4 Å². The molecule has 0 fully saturated rings. The first kappa shape index (κ1) is 8.96. The highest BCUT2D eigenvalue weighted by atomic mass is 35.5. The molecule has 1 aromatic heterocycles. The van der Waals surface area contributed by atoms with Crippen LogP contribution in [0.5, 0.6) is 5.75 Å². The van der Waals surface area contributed by atoms with Crippen LogP contribution >= 0.6 is 11.6 Å². The number of tetrazole rings is 1. The van der Waals surface area contributed by atoms with Gasteiger partial charge in [0.05, 0.1) is 5.02 Å². The number of benzene rings is 1. The van der Waals surface area contributed by atoms with Crippen LogP contribution in [0.1, 0.15) is 5.82 Å². The second kappa shape index (κ2) is 4.06. The van der Waals surface area contributed by atoms with E-state index in [1.165, 1.54) is 0 Å². The fourth-order valence-corrected chi connectivity index (χ4v) is 1.12. The van der Waals surface area contributed by atoms with Crippen molar-refractivity contribution in [3.05, 3.63) is 35.1 Å². The summed E-state index contributed by atoms with van der Waals surface area (Å²) in [5, 5.41) is 14.5. The summed E-state index contributed by atoms with van der Waals surface area (Å²) in [6, 6.07) is 7.19. The minimum Gasteiger partial charge on any atom is -0.487 e. The minimum atomic E-state index is 0.219. The molecule has 0 spiro atoms. The molecule has 0 saturated carbocycles. The zero-order chi connectivity index (χ0) is 9.80. The van der Waals surface area contributed by atoms with Gasteiger partial charge in [-0.3, -0.25) is 10.3 Å². The van der Waals surface area contributed by atoms with Crippen LogP contribution in [0.2, 0.25) is 5.02 Å². The molecule has 0 N–H and O–H groups in total. The van der Waals surface area contributed by atoms with E-state index in [4.69, 9.17) is 16.3 Å². The molecule has 2 aromatic rings. The molecule has 0 saturated heterocycles. The molecular formula is C8H6ClN4O-. The Morgan fingerprint density at radius 2 is 2.21 bits per heavy atom. The van der Waals surface area contributed by atoms with Crippen molar-refractivity contribution in [2.75, 3.05) is 0 Å². The Kier molecular flexibility index (Phi) is 2.60. The molecule has 0 aliphatic heterocycles. The van der Waals surface area contributed by atoms with E-state index in [2.05, 4.69) is 20.6 Å². The predicted octanol–water partition coefficient (Wildman–Crippen LogP) is 1.06. The summed E-state index contributed by atoms with van der Waals surface area (Å²) in [5.74, 6) is 1.03. The summed E-state index contributed by atoms with van der Waals surface area (Å²) in [5.41, 5.74) is 0. The fourth-order valence-electron chi connectivity index (χ4n) is 0.925. The summed E-state index contributed by atoms with van der Waals surface area (Å²) in [6.45, 7) is 0.219. The largest absolute Gasteiger partial charge is 0.487 e. The summed E-state index contributed by atoms with van der Waals surface area (Å²) in [7, 11) is 0. The number of para-hydroxylation sites is 1. The van der Waals surface area contributed by atoms with Gasteiger partial charge in [-0.1, -0.05) is 23.7 Å². The normalized spacial score (nSPS) is 10.1.